The summed E-state index contributed by atoms with van der Waals surface area (Å²) in [6.07, 6.45) is 8.31. The van der Waals surface area contributed by atoms with E-state index in [1.807, 2.05) is 18.2 Å². The summed E-state index contributed by atoms with van der Waals surface area (Å²) in [4.78, 5) is 17.6. The number of rotatable bonds is 5. The van der Waals surface area contributed by atoms with Crippen molar-refractivity contribution in [3.63, 3.8) is 0 Å². The van der Waals surface area contributed by atoms with Crippen LogP contribution in [-0.4, -0.2) is 9.55 Å². The second-order valence-corrected chi connectivity index (χ2v) is 5.72. The minimum Gasteiger partial charge on any atom is -0.283 e. The Morgan fingerprint density at radius 2 is 1.89 bits per heavy atom. The molecular formula is C23H17N3O. The summed E-state index contributed by atoms with van der Waals surface area (Å²) in [6.45, 7) is 7.49. The van der Waals surface area contributed by atoms with E-state index in [1.54, 1.807) is 61.0 Å². The van der Waals surface area contributed by atoms with Crippen LogP contribution in [0, 0.1) is 11.3 Å². The highest BCUT2D eigenvalue weighted by Gasteiger charge is 2.14. The largest absolute Gasteiger partial charge is 0.283 e. The topological polar surface area (TPSA) is 58.7 Å². The third-order valence-electron chi connectivity index (χ3n) is 4.09. The van der Waals surface area contributed by atoms with E-state index < -0.39 is 0 Å². The van der Waals surface area contributed by atoms with Crippen LogP contribution in [0.1, 0.15) is 5.56 Å². The molecule has 0 unspecified atom stereocenters. The van der Waals surface area contributed by atoms with Crippen molar-refractivity contribution in [1.29, 1.82) is 5.26 Å². The van der Waals surface area contributed by atoms with Crippen molar-refractivity contribution in [1.82, 2.24) is 9.55 Å². The molecule has 0 bridgehead atoms. The molecule has 0 fully saturated rings. The minimum atomic E-state index is -0.245. The maximum absolute atomic E-state index is 13.2. The molecule has 0 N–H and O–H groups in total. The lowest BCUT2D eigenvalue weighted by Crippen LogP contribution is -2.20. The lowest BCUT2D eigenvalue weighted by Gasteiger charge is -2.13. The Morgan fingerprint density at radius 1 is 1.11 bits per heavy atom. The first kappa shape index (κ1) is 17.8. The monoisotopic (exact) mass is 351 g/mol. The van der Waals surface area contributed by atoms with Crippen LogP contribution in [0.15, 0.2) is 97.1 Å². The van der Waals surface area contributed by atoms with Crippen molar-refractivity contribution >= 4 is 5.70 Å². The third-order valence-corrected chi connectivity index (χ3v) is 4.09. The maximum atomic E-state index is 13.2. The van der Waals surface area contributed by atoms with Crippen LogP contribution in [0.3, 0.4) is 0 Å². The number of nitriles is 1. The summed E-state index contributed by atoms with van der Waals surface area (Å²) < 4.78 is 1.50. The zero-order chi connectivity index (χ0) is 19.2. The summed E-state index contributed by atoms with van der Waals surface area (Å²) in [5.41, 5.74) is 3.27. The minimum absolute atomic E-state index is 0.245. The number of hydrogen-bond donors (Lipinski definition) is 0. The first-order chi connectivity index (χ1) is 13.2. The van der Waals surface area contributed by atoms with Gasteiger partial charge in [0.2, 0.25) is 0 Å². The smallest absolute Gasteiger partial charge is 0.263 e. The maximum Gasteiger partial charge on any atom is 0.263 e. The summed E-state index contributed by atoms with van der Waals surface area (Å²) >= 11 is 0. The first-order valence-electron chi connectivity index (χ1n) is 8.32. The molecule has 0 atom stereocenters. The molecule has 0 saturated carbocycles. The molecule has 0 saturated heterocycles. The standard InChI is InChI=1S/C23H17N3O/c1-3-9-19(4-2)26-16-18(22-12-7-8-13-25-22)14-21(23(26)27)20-11-6-5-10-17(20)15-24/h3-14,16H,1-2H2/b19-9+. The molecule has 0 spiro atoms. The van der Waals surface area contributed by atoms with Gasteiger partial charge in [-0.25, -0.2) is 0 Å². The van der Waals surface area contributed by atoms with E-state index in [-0.39, 0.29) is 5.56 Å². The number of aromatic nitrogens is 2. The molecule has 0 amide bonds. The van der Waals surface area contributed by atoms with Crippen molar-refractivity contribution in [2.24, 2.45) is 0 Å². The summed E-state index contributed by atoms with van der Waals surface area (Å²) in [5, 5.41) is 9.45. The van der Waals surface area contributed by atoms with Crippen molar-refractivity contribution < 1.29 is 0 Å². The second kappa shape index (κ2) is 7.94. The van der Waals surface area contributed by atoms with Gasteiger partial charge in [0, 0.05) is 34.8 Å². The van der Waals surface area contributed by atoms with Crippen LogP contribution in [0.25, 0.3) is 28.1 Å². The zero-order valence-electron chi connectivity index (χ0n) is 14.7. The predicted octanol–water partition coefficient (Wildman–Crippen LogP) is 4.66. The molecule has 0 radical (unpaired) electrons. The molecule has 0 aliphatic carbocycles. The SMILES string of the molecule is C=C/C=C(\C=C)n1cc(-c2ccccn2)cc(-c2ccccc2C#N)c1=O. The van der Waals surface area contributed by atoms with E-state index in [0.29, 0.717) is 22.4 Å². The van der Waals surface area contributed by atoms with Crippen LogP contribution >= 0.6 is 0 Å². The Hall–Kier alpha value is -3.97. The molecule has 4 nitrogen and oxygen atoms in total. The average Bonchev–Trinajstić information content (AvgIpc) is 2.73. The van der Waals surface area contributed by atoms with Crippen LogP contribution in [0.4, 0.5) is 0 Å². The van der Waals surface area contributed by atoms with Gasteiger partial charge in [0.1, 0.15) is 0 Å². The van der Waals surface area contributed by atoms with Gasteiger partial charge in [-0.15, -0.1) is 0 Å². The highest BCUT2D eigenvalue weighted by atomic mass is 16.1. The number of pyridine rings is 2. The molecule has 3 aromatic rings. The van der Waals surface area contributed by atoms with Gasteiger partial charge in [0.25, 0.3) is 5.56 Å². The summed E-state index contributed by atoms with van der Waals surface area (Å²) in [7, 11) is 0. The molecule has 1 aromatic carbocycles. The average molecular weight is 351 g/mol. The van der Waals surface area contributed by atoms with Crippen molar-refractivity contribution in [2.75, 3.05) is 0 Å². The van der Waals surface area contributed by atoms with E-state index in [2.05, 4.69) is 24.2 Å². The van der Waals surface area contributed by atoms with E-state index in [9.17, 15) is 10.1 Å². The van der Waals surface area contributed by atoms with Crippen LogP contribution in [0.5, 0.6) is 0 Å². The van der Waals surface area contributed by atoms with E-state index >= 15 is 0 Å². The van der Waals surface area contributed by atoms with Gasteiger partial charge in [0.05, 0.1) is 17.3 Å². The fourth-order valence-electron chi connectivity index (χ4n) is 2.82. The van der Waals surface area contributed by atoms with Gasteiger partial charge < -0.3 is 0 Å². The first-order valence-corrected chi connectivity index (χ1v) is 8.32. The van der Waals surface area contributed by atoms with Gasteiger partial charge in [-0.05, 0) is 36.4 Å². The molecule has 3 rings (SSSR count). The number of allylic oxidation sites excluding steroid dienone is 4. The molecule has 2 aromatic heterocycles. The van der Waals surface area contributed by atoms with Crippen molar-refractivity contribution in [3.8, 4) is 28.5 Å². The highest BCUT2D eigenvalue weighted by molar-refractivity contribution is 5.76. The zero-order valence-corrected chi connectivity index (χ0v) is 14.7. The van der Waals surface area contributed by atoms with Crippen LogP contribution < -0.4 is 5.56 Å². The molecule has 0 aliphatic rings. The fourth-order valence-corrected chi connectivity index (χ4v) is 2.82. The number of nitrogens with zero attached hydrogens (tertiary/aromatic N) is 3. The molecule has 4 heteroatoms. The van der Waals surface area contributed by atoms with E-state index in [1.165, 1.54) is 4.57 Å². The lowest BCUT2D eigenvalue weighted by atomic mass is 9.99. The molecule has 0 aliphatic heterocycles. The molecular weight excluding hydrogens is 334 g/mol. The van der Waals surface area contributed by atoms with Gasteiger partial charge in [-0.2, -0.15) is 5.26 Å². The highest BCUT2D eigenvalue weighted by Crippen LogP contribution is 2.26. The van der Waals surface area contributed by atoms with Crippen LogP contribution in [-0.2, 0) is 0 Å². The predicted molar refractivity (Wildman–Crippen MR) is 109 cm³/mol. The normalized spacial score (nSPS) is 10.9. The lowest BCUT2D eigenvalue weighted by molar-refractivity contribution is 1.03. The summed E-state index contributed by atoms with van der Waals surface area (Å²) in [6, 6.07) is 16.6. The van der Waals surface area contributed by atoms with Gasteiger partial charge in [-0.1, -0.05) is 43.5 Å². The van der Waals surface area contributed by atoms with E-state index in [0.717, 1.165) is 11.3 Å². The fraction of sp³-hybridized carbons (Fsp3) is 0. The number of benzene rings is 1. The Labute approximate surface area is 157 Å². The molecule has 130 valence electrons. The quantitative estimate of drug-likeness (QED) is 0.628. The molecule has 27 heavy (non-hydrogen) atoms. The Bertz CT molecular complexity index is 1130. The molecule has 2 heterocycles. The van der Waals surface area contributed by atoms with Crippen molar-refractivity contribution in [2.45, 2.75) is 0 Å². The van der Waals surface area contributed by atoms with Gasteiger partial charge in [0.15, 0.2) is 0 Å². The Balaban J connectivity index is 2.38. The number of hydrogen-bond acceptors (Lipinski definition) is 3. The van der Waals surface area contributed by atoms with Gasteiger partial charge >= 0.3 is 0 Å². The third kappa shape index (κ3) is 3.53. The summed E-state index contributed by atoms with van der Waals surface area (Å²) in [5.74, 6) is 0. The van der Waals surface area contributed by atoms with E-state index in [4.69, 9.17) is 0 Å². The second-order valence-electron chi connectivity index (χ2n) is 5.72. The van der Waals surface area contributed by atoms with Crippen molar-refractivity contribution in [3.05, 3.63) is 108 Å². The Kier molecular flexibility index (Phi) is 5.25. The van der Waals surface area contributed by atoms with Gasteiger partial charge in [-0.3, -0.25) is 14.3 Å². The van der Waals surface area contributed by atoms with Crippen LogP contribution in [0.2, 0.25) is 0 Å². The Morgan fingerprint density at radius 3 is 2.56 bits per heavy atom.